The third-order valence-corrected chi connectivity index (χ3v) is 8.09. The van der Waals surface area contributed by atoms with Gasteiger partial charge in [-0.3, -0.25) is 4.79 Å². The molecule has 1 unspecified atom stereocenters. The molecular formula is C23H25ClN4O4S. The molecule has 0 aliphatic carbocycles. The van der Waals surface area contributed by atoms with E-state index in [-0.39, 0.29) is 28.2 Å². The maximum atomic E-state index is 13.5. The quantitative estimate of drug-likeness (QED) is 0.572. The molecule has 10 heteroatoms. The Kier molecular flexibility index (Phi) is 6.56. The largest absolute Gasteiger partial charge is 0.339 e. The van der Waals surface area contributed by atoms with Crippen LogP contribution in [0.2, 0.25) is 5.02 Å². The van der Waals surface area contributed by atoms with E-state index in [0.717, 1.165) is 16.8 Å². The van der Waals surface area contributed by atoms with Gasteiger partial charge < -0.3 is 9.84 Å². The van der Waals surface area contributed by atoms with Gasteiger partial charge >= 0.3 is 0 Å². The number of rotatable bonds is 5. The van der Waals surface area contributed by atoms with Crippen molar-refractivity contribution in [1.82, 2.24) is 14.4 Å². The average Bonchev–Trinajstić information content (AvgIpc) is 3.22. The number of halogens is 1. The molecule has 0 radical (unpaired) electrons. The standard InChI is InChI=1S/C23H25ClN4O4S/c1-14-6-7-15(2)20(11-14)26-23(29)18-5-4-10-28(13-18)33(30,31)21-12-17(8-9-19(21)24)22-25-16(3)32-27-22/h6-9,11-12,18H,4-5,10,13H2,1-3H3,(H,26,29). The highest BCUT2D eigenvalue weighted by molar-refractivity contribution is 7.89. The van der Waals surface area contributed by atoms with Crippen LogP contribution in [0.25, 0.3) is 11.4 Å². The molecule has 3 aromatic rings. The van der Waals surface area contributed by atoms with Gasteiger partial charge in [0.15, 0.2) is 0 Å². The lowest BCUT2D eigenvalue weighted by Gasteiger charge is -2.31. The summed E-state index contributed by atoms with van der Waals surface area (Å²) in [5, 5.41) is 6.91. The van der Waals surface area contributed by atoms with E-state index in [0.29, 0.717) is 30.8 Å². The summed E-state index contributed by atoms with van der Waals surface area (Å²) in [6.07, 6.45) is 1.18. The summed E-state index contributed by atoms with van der Waals surface area (Å²) in [6.45, 7) is 5.93. The number of amides is 1. The molecule has 33 heavy (non-hydrogen) atoms. The van der Waals surface area contributed by atoms with Gasteiger partial charge in [0, 0.05) is 31.3 Å². The molecule has 1 aliphatic rings. The number of hydrogen-bond acceptors (Lipinski definition) is 6. The Balaban J connectivity index is 1.56. The number of piperidine rings is 1. The van der Waals surface area contributed by atoms with Crippen LogP contribution in [0.4, 0.5) is 5.69 Å². The van der Waals surface area contributed by atoms with E-state index in [1.54, 1.807) is 13.0 Å². The molecule has 1 atom stereocenters. The van der Waals surface area contributed by atoms with E-state index < -0.39 is 15.9 Å². The van der Waals surface area contributed by atoms with Crippen LogP contribution in [0.3, 0.4) is 0 Å². The van der Waals surface area contributed by atoms with Crippen molar-refractivity contribution in [2.24, 2.45) is 5.92 Å². The number of sulfonamides is 1. The van der Waals surface area contributed by atoms with Gasteiger partial charge in [-0.1, -0.05) is 28.9 Å². The fourth-order valence-electron chi connectivity index (χ4n) is 3.88. The number of aryl methyl sites for hydroxylation is 3. The van der Waals surface area contributed by atoms with Crippen LogP contribution in [0.15, 0.2) is 45.8 Å². The van der Waals surface area contributed by atoms with Crippen LogP contribution in [0, 0.1) is 26.7 Å². The van der Waals surface area contributed by atoms with Crippen molar-refractivity contribution in [1.29, 1.82) is 0 Å². The summed E-state index contributed by atoms with van der Waals surface area (Å²) in [5.74, 6) is 0.00380. The van der Waals surface area contributed by atoms with E-state index >= 15 is 0 Å². The van der Waals surface area contributed by atoms with Crippen molar-refractivity contribution >= 4 is 33.2 Å². The number of hydrogen-bond donors (Lipinski definition) is 1. The first-order valence-electron chi connectivity index (χ1n) is 10.6. The van der Waals surface area contributed by atoms with Gasteiger partial charge in [-0.05, 0) is 62.1 Å². The molecule has 174 valence electrons. The lowest BCUT2D eigenvalue weighted by Crippen LogP contribution is -2.43. The Bertz CT molecular complexity index is 1310. The molecule has 0 spiro atoms. The Morgan fingerprint density at radius 2 is 1.97 bits per heavy atom. The predicted molar refractivity (Wildman–Crippen MR) is 126 cm³/mol. The number of carbonyl (C=O) groups excluding carboxylic acids is 1. The minimum Gasteiger partial charge on any atom is -0.339 e. The molecule has 0 bridgehead atoms. The highest BCUT2D eigenvalue weighted by Gasteiger charge is 2.35. The van der Waals surface area contributed by atoms with Crippen LogP contribution in [0.5, 0.6) is 0 Å². The second-order valence-corrected chi connectivity index (χ2v) is 10.6. The number of benzene rings is 2. The SMILES string of the molecule is Cc1ccc(C)c(NC(=O)C2CCCN(S(=O)(=O)c3cc(-c4noc(C)n4)ccc3Cl)C2)c1. The summed E-state index contributed by atoms with van der Waals surface area (Å²) in [6, 6.07) is 10.4. The molecule has 8 nitrogen and oxygen atoms in total. The fourth-order valence-corrected chi connectivity index (χ4v) is 5.90. The third-order valence-electron chi connectivity index (χ3n) is 5.74. The first-order valence-corrected chi connectivity index (χ1v) is 12.5. The molecule has 1 saturated heterocycles. The van der Waals surface area contributed by atoms with Crippen LogP contribution >= 0.6 is 11.6 Å². The van der Waals surface area contributed by atoms with Crippen LogP contribution < -0.4 is 5.32 Å². The number of aromatic nitrogens is 2. The van der Waals surface area contributed by atoms with Crippen molar-refractivity contribution < 1.29 is 17.7 Å². The Morgan fingerprint density at radius 3 is 2.70 bits per heavy atom. The van der Waals surface area contributed by atoms with Crippen LogP contribution in [-0.4, -0.2) is 41.9 Å². The summed E-state index contributed by atoms with van der Waals surface area (Å²) in [7, 11) is -3.94. The minimum atomic E-state index is -3.94. The second kappa shape index (κ2) is 9.24. The van der Waals surface area contributed by atoms with E-state index in [9.17, 15) is 13.2 Å². The van der Waals surface area contributed by atoms with Gasteiger partial charge in [-0.15, -0.1) is 0 Å². The maximum Gasteiger partial charge on any atom is 0.244 e. The van der Waals surface area contributed by atoms with Gasteiger partial charge in [0.05, 0.1) is 10.9 Å². The van der Waals surface area contributed by atoms with Crippen molar-refractivity contribution in [2.75, 3.05) is 18.4 Å². The van der Waals surface area contributed by atoms with Crippen molar-refractivity contribution in [3.63, 3.8) is 0 Å². The van der Waals surface area contributed by atoms with Crippen LogP contribution in [0.1, 0.15) is 29.9 Å². The number of anilines is 1. The number of nitrogens with one attached hydrogen (secondary N) is 1. The van der Waals surface area contributed by atoms with E-state index in [4.69, 9.17) is 16.1 Å². The highest BCUT2D eigenvalue weighted by Crippen LogP contribution is 2.32. The molecular weight excluding hydrogens is 464 g/mol. The van der Waals surface area contributed by atoms with E-state index in [2.05, 4.69) is 15.5 Å². The van der Waals surface area contributed by atoms with Gasteiger partial charge in [0.1, 0.15) is 4.90 Å². The van der Waals surface area contributed by atoms with Crippen molar-refractivity contribution in [3.05, 3.63) is 58.4 Å². The zero-order chi connectivity index (χ0) is 23.8. The lowest BCUT2D eigenvalue weighted by atomic mass is 9.98. The number of nitrogens with zero attached hydrogens (tertiary/aromatic N) is 3. The second-order valence-electron chi connectivity index (χ2n) is 8.29. The first-order chi connectivity index (χ1) is 15.6. The van der Waals surface area contributed by atoms with Gasteiger partial charge in [0.25, 0.3) is 0 Å². The topological polar surface area (TPSA) is 105 Å². The molecule has 1 amide bonds. The van der Waals surface area contributed by atoms with E-state index in [1.165, 1.54) is 16.4 Å². The Hall–Kier alpha value is -2.75. The third kappa shape index (κ3) is 4.95. The normalized spacial score (nSPS) is 17.2. The zero-order valence-corrected chi connectivity index (χ0v) is 20.2. The van der Waals surface area contributed by atoms with Crippen molar-refractivity contribution in [3.8, 4) is 11.4 Å². The average molecular weight is 489 g/mol. The monoisotopic (exact) mass is 488 g/mol. The molecule has 0 saturated carbocycles. The molecule has 1 aliphatic heterocycles. The van der Waals surface area contributed by atoms with Crippen LogP contribution in [-0.2, 0) is 14.8 Å². The fraction of sp³-hybridized carbons (Fsp3) is 0.348. The Morgan fingerprint density at radius 1 is 1.18 bits per heavy atom. The molecule has 1 fully saturated rings. The smallest absolute Gasteiger partial charge is 0.244 e. The molecule has 1 aromatic heterocycles. The summed E-state index contributed by atoms with van der Waals surface area (Å²) in [5.41, 5.74) is 3.21. The van der Waals surface area contributed by atoms with Gasteiger partial charge in [-0.25, -0.2) is 8.42 Å². The van der Waals surface area contributed by atoms with Crippen molar-refractivity contribution in [2.45, 2.75) is 38.5 Å². The Labute approximate surface area is 198 Å². The summed E-state index contributed by atoms with van der Waals surface area (Å²) >= 11 is 6.28. The molecule has 2 heterocycles. The summed E-state index contributed by atoms with van der Waals surface area (Å²) in [4.78, 5) is 17.1. The minimum absolute atomic E-state index is 0.0419. The van der Waals surface area contributed by atoms with Gasteiger partial charge in [0.2, 0.25) is 27.6 Å². The lowest BCUT2D eigenvalue weighted by molar-refractivity contribution is -0.120. The zero-order valence-electron chi connectivity index (χ0n) is 18.6. The predicted octanol–water partition coefficient (Wildman–Crippen LogP) is 4.35. The molecule has 2 aromatic carbocycles. The van der Waals surface area contributed by atoms with E-state index in [1.807, 2.05) is 32.0 Å². The summed E-state index contributed by atoms with van der Waals surface area (Å²) < 4.78 is 33.3. The number of carbonyl (C=O) groups is 1. The maximum absolute atomic E-state index is 13.5. The molecule has 1 N–H and O–H groups in total. The highest BCUT2D eigenvalue weighted by atomic mass is 35.5. The molecule has 4 rings (SSSR count). The van der Waals surface area contributed by atoms with Gasteiger partial charge in [-0.2, -0.15) is 9.29 Å². The first kappa shape index (κ1) is 23.4.